The minimum atomic E-state index is -0.0896. The van der Waals surface area contributed by atoms with Crippen LogP contribution in [0.1, 0.15) is 22.9 Å². The fourth-order valence-electron chi connectivity index (χ4n) is 1.96. The molecule has 0 aliphatic carbocycles. The summed E-state index contributed by atoms with van der Waals surface area (Å²) in [6.07, 6.45) is 0. The summed E-state index contributed by atoms with van der Waals surface area (Å²) < 4.78 is 0. The predicted octanol–water partition coefficient (Wildman–Crippen LogP) is 3.35. The van der Waals surface area contributed by atoms with E-state index >= 15 is 0 Å². The van der Waals surface area contributed by atoms with E-state index in [-0.39, 0.29) is 6.03 Å². The number of urea groups is 1. The molecule has 4 nitrogen and oxygen atoms in total. The zero-order chi connectivity index (χ0) is 15.1. The lowest BCUT2D eigenvalue weighted by molar-refractivity contribution is 0.198. The molecule has 1 aromatic carbocycles. The third kappa shape index (κ3) is 4.33. The molecule has 0 atom stereocenters. The van der Waals surface area contributed by atoms with Crippen LogP contribution < -0.4 is 5.32 Å². The first-order chi connectivity index (χ1) is 10.2. The van der Waals surface area contributed by atoms with Gasteiger partial charge in [0.25, 0.3) is 0 Å². The Hall–Kier alpha value is -2.32. The Morgan fingerprint density at radius 2 is 2.24 bits per heavy atom. The van der Waals surface area contributed by atoms with Crippen molar-refractivity contribution >= 4 is 17.4 Å². The second-order valence-corrected chi connectivity index (χ2v) is 5.60. The summed E-state index contributed by atoms with van der Waals surface area (Å²) in [6.45, 7) is 3.67. The zero-order valence-electron chi connectivity index (χ0n) is 11.9. The number of carbonyl (C=O) groups excluding carboxylic acids is 1. The molecule has 0 bridgehead atoms. The molecule has 1 heterocycles. The maximum atomic E-state index is 12.2. The highest BCUT2D eigenvalue weighted by Crippen LogP contribution is 2.12. The predicted molar refractivity (Wildman–Crippen MR) is 83.8 cm³/mol. The molecule has 1 N–H and O–H groups in total. The maximum Gasteiger partial charge on any atom is 0.317 e. The van der Waals surface area contributed by atoms with E-state index in [0.717, 1.165) is 5.56 Å². The van der Waals surface area contributed by atoms with Crippen LogP contribution in [-0.4, -0.2) is 17.5 Å². The Balaban J connectivity index is 1.91. The first-order valence-electron chi connectivity index (χ1n) is 6.77. The summed E-state index contributed by atoms with van der Waals surface area (Å²) in [5, 5.41) is 13.8. The van der Waals surface area contributed by atoms with Crippen LogP contribution >= 0.6 is 11.3 Å². The van der Waals surface area contributed by atoms with Crippen LogP contribution in [-0.2, 0) is 13.1 Å². The molecule has 0 unspecified atom stereocenters. The van der Waals surface area contributed by atoms with Gasteiger partial charge in [-0.15, -0.1) is 11.3 Å². The van der Waals surface area contributed by atoms with E-state index in [1.54, 1.807) is 28.4 Å². The standard InChI is InChI=1S/C16H17N3OS/c1-2-19(12-15-7-4-8-21-15)16(20)18-11-14-6-3-5-13(9-14)10-17/h3-9H,2,11-12H2,1H3,(H,18,20). The molecule has 2 aromatic rings. The lowest BCUT2D eigenvalue weighted by atomic mass is 10.1. The number of amides is 2. The Kier molecular flexibility index (Phi) is 5.35. The zero-order valence-corrected chi connectivity index (χ0v) is 12.7. The normalized spacial score (nSPS) is 9.90. The van der Waals surface area contributed by atoms with E-state index in [0.29, 0.717) is 25.2 Å². The third-order valence-electron chi connectivity index (χ3n) is 3.10. The van der Waals surface area contributed by atoms with Gasteiger partial charge in [0.15, 0.2) is 0 Å². The lowest BCUT2D eigenvalue weighted by Gasteiger charge is -2.20. The lowest BCUT2D eigenvalue weighted by Crippen LogP contribution is -2.38. The van der Waals surface area contributed by atoms with Crippen molar-refractivity contribution < 1.29 is 4.79 Å². The molecule has 5 heteroatoms. The van der Waals surface area contributed by atoms with E-state index in [9.17, 15) is 4.79 Å². The number of nitriles is 1. The second-order valence-electron chi connectivity index (χ2n) is 4.56. The summed E-state index contributed by atoms with van der Waals surface area (Å²) in [7, 11) is 0. The van der Waals surface area contributed by atoms with Crippen molar-refractivity contribution in [3.8, 4) is 6.07 Å². The second kappa shape index (κ2) is 7.46. The van der Waals surface area contributed by atoms with Gasteiger partial charge in [-0.3, -0.25) is 0 Å². The van der Waals surface area contributed by atoms with Crippen LogP contribution in [0, 0.1) is 11.3 Å². The molecule has 0 saturated heterocycles. The van der Waals surface area contributed by atoms with E-state index in [1.807, 2.05) is 36.6 Å². The highest BCUT2D eigenvalue weighted by atomic mass is 32.1. The Labute approximate surface area is 128 Å². The Bertz CT molecular complexity index is 631. The van der Waals surface area contributed by atoms with Gasteiger partial charge in [-0.2, -0.15) is 5.26 Å². The smallest absolute Gasteiger partial charge is 0.317 e. The van der Waals surface area contributed by atoms with E-state index in [1.165, 1.54) is 4.88 Å². The highest BCUT2D eigenvalue weighted by molar-refractivity contribution is 7.09. The molecule has 21 heavy (non-hydrogen) atoms. The van der Waals surface area contributed by atoms with Crippen molar-refractivity contribution in [1.29, 1.82) is 5.26 Å². The quantitative estimate of drug-likeness (QED) is 0.920. The topological polar surface area (TPSA) is 56.1 Å². The van der Waals surface area contributed by atoms with Crippen molar-refractivity contribution in [3.63, 3.8) is 0 Å². The largest absolute Gasteiger partial charge is 0.334 e. The number of nitrogens with zero attached hydrogens (tertiary/aromatic N) is 2. The van der Waals surface area contributed by atoms with Gasteiger partial charge < -0.3 is 10.2 Å². The number of nitrogens with one attached hydrogen (secondary N) is 1. The van der Waals surface area contributed by atoms with Gasteiger partial charge in [-0.1, -0.05) is 18.2 Å². The molecule has 0 saturated carbocycles. The van der Waals surface area contributed by atoms with Crippen LogP contribution in [0.2, 0.25) is 0 Å². The SMILES string of the molecule is CCN(Cc1cccs1)C(=O)NCc1cccc(C#N)c1. The van der Waals surface area contributed by atoms with E-state index < -0.39 is 0 Å². The van der Waals surface area contributed by atoms with Gasteiger partial charge in [0, 0.05) is 18.0 Å². The maximum absolute atomic E-state index is 12.2. The highest BCUT2D eigenvalue weighted by Gasteiger charge is 2.12. The van der Waals surface area contributed by atoms with E-state index in [2.05, 4.69) is 11.4 Å². The van der Waals surface area contributed by atoms with Gasteiger partial charge in [0.2, 0.25) is 0 Å². The summed E-state index contributed by atoms with van der Waals surface area (Å²) in [4.78, 5) is 15.1. The molecular formula is C16H17N3OS. The minimum Gasteiger partial charge on any atom is -0.334 e. The summed E-state index contributed by atoms with van der Waals surface area (Å²) in [5.74, 6) is 0. The number of hydrogen-bond acceptors (Lipinski definition) is 3. The minimum absolute atomic E-state index is 0.0896. The summed E-state index contributed by atoms with van der Waals surface area (Å²) in [5.41, 5.74) is 1.53. The molecule has 1 aromatic heterocycles. The molecule has 0 radical (unpaired) electrons. The molecule has 0 aliphatic rings. The average molecular weight is 299 g/mol. The molecule has 0 fully saturated rings. The number of thiophene rings is 1. The molecule has 0 spiro atoms. The summed E-state index contributed by atoms with van der Waals surface area (Å²) in [6, 6.07) is 13.3. The van der Waals surface area contributed by atoms with Crippen molar-refractivity contribution in [2.24, 2.45) is 0 Å². The number of carbonyl (C=O) groups is 1. The average Bonchev–Trinajstić information content (AvgIpc) is 3.03. The molecule has 2 rings (SSSR count). The third-order valence-corrected chi connectivity index (χ3v) is 3.96. The molecular weight excluding hydrogens is 282 g/mol. The van der Waals surface area contributed by atoms with Gasteiger partial charge in [-0.25, -0.2) is 4.79 Å². The van der Waals surface area contributed by atoms with Gasteiger partial charge in [0.1, 0.15) is 0 Å². The van der Waals surface area contributed by atoms with Gasteiger partial charge in [0.05, 0.1) is 18.2 Å². The molecule has 2 amide bonds. The molecule has 108 valence electrons. The van der Waals surface area contributed by atoms with Crippen LogP contribution in [0.15, 0.2) is 41.8 Å². The fourth-order valence-corrected chi connectivity index (χ4v) is 2.68. The first kappa shape index (κ1) is 15.1. The van der Waals surface area contributed by atoms with Crippen molar-refractivity contribution in [2.75, 3.05) is 6.54 Å². The molecule has 0 aliphatic heterocycles. The monoisotopic (exact) mass is 299 g/mol. The fraction of sp³-hybridized carbons (Fsp3) is 0.250. The number of benzene rings is 1. The van der Waals surface area contributed by atoms with Crippen LogP contribution in [0.5, 0.6) is 0 Å². The summed E-state index contributed by atoms with van der Waals surface area (Å²) >= 11 is 1.65. The van der Waals surface area contributed by atoms with Crippen LogP contribution in [0.4, 0.5) is 4.79 Å². The van der Waals surface area contributed by atoms with Crippen molar-refractivity contribution in [1.82, 2.24) is 10.2 Å². The Morgan fingerprint density at radius 3 is 2.90 bits per heavy atom. The van der Waals surface area contributed by atoms with Crippen molar-refractivity contribution in [2.45, 2.75) is 20.0 Å². The number of hydrogen-bond donors (Lipinski definition) is 1. The van der Waals surface area contributed by atoms with Gasteiger partial charge >= 0.3 is 6.03 Å². The van der Waals surface area contributed by atoms with Crippen LogP contribution in [0.25, 0.3) is 0 Å². The van der Waals surface area contributed by atoms with Crippen molar-refractivity contribution in [3.05, 3.63) is 57.8 Å². The van der Waals surface area contributed by atoms with Gasteiger partial charge in [-0.05, 0) is 36.1 Å². The van der Waals surface area contributed by atoms with Crippen LogP contribution in [0.3, 0.4) is 0 Å². The number of rotatable bonds is 5. The Morgan fingerprint density at radius 1 is 1.38 bits per heavy atom. The van der Waals surface area contributed by atoms with E-state index in [4.69, 9.17) is 5.26 Å². The first-order valence-corrected chi connectivity index (χ1v) is 7.65.